The van der Waals surface area contributed by atoms with E-state index in [4.69, 9.17) is 15.6 Å². The molecule has 0 radical (unpaired) electrons. The number of carbonyl (C=O) groups excluding carboxylic acids is 1. The van der Waals surface area contributed by atoms with Crippen LogP contribution in [-0.4, -0.2) is 23.6 Å². The molecule has 0 saturated heterocycles. The maximum absolute atomic E-state index is 10.8. The number of rotatable bonds is 5. The number of aliphatic carboxylic acids is 1. The van der Waals surface area contributed by atoms with Gasteiger partial charge >= 0.3 is 5.97 Å². The van der Waals surface area contributed by atoms with Crippen LogP contribution in [-0.2, 0) is 4.79 Å². The average molecular weight is 221 g/mol. The van der Waals surface area contributed by atoms with E-state index in [1.54, 1.807) is 18.2 Å². The molecule has 0 aliphatic heterocycles. The van der Waals surface area contributed by atoms with Crippen molar-refractivity contribution in [3.8, 4) is 5.75 Å². The fourth-order valence-electron chi connectivity index (χ4n) is 1.03. The molecule has 1 aromatic carbocycles. The van der Waals surface area contributed by atoms with Crippen molar-refractivity contribution in [1.82, 2.24) is 0 Å². The van der Waals surface area contributed by atoms with Gasteiger partial charge in [0.05, 0.1) is 0 Å². The molecule has 16 heavy (non-hydrogen) atoms. The highest BCUT2D eigenvalue weighted by Gasteiger charge is 2.00. The molecule has 0 saturated carbocycles. The van der Waals surface area contributed by atoms with Crippen molar-refractivity contribution in [2.24, 2.45) is 5.73 Å². The highest BCUT2D eigenvalue weighted by atomic mass is 16.5. The van der Waals surface area contributed by atoms with E-state index in [1.807, 2.05) is 0 Å². The normalized spacial score (nSPS) is 10.2. The molecule has 3 N–H and O–H groups in total. The Kier molecular flexibility index (Phi) is 4.08. The van der Waals surface area contributed by atoms with E-state index in [-0.39, 0.29) is 6.61 Å². The first-order chi connectivity index (χ1) is 7.59. The Bertz CT molecular complexity index is 426. The smallest absolute Gasteiger partial charge is 0.328 e. The third-order valence-corrected chi connectivity index (χ3v) is 1.73. The lowest BCUT2D eigenvalue weighted by molar-refractivity contribution is -0.131. The molecule has 0 spiro atoms. The Balaban J connectivity index is 2.57. The molecule has 0 fully saturated rings. The van der Waals surface area contributed by atoms with E-state index in [9.17, 15) is 9.59 Å². The minimum absolute atomic E-state index is 0.120. The molecule has 0 heterocycles. The molecule has 0 bridgehead atoms. The van der Waals surface area contributed by atoms with Crippen LogP contribution in [0.1, 0.15) is 10.4 Å². The summed E-state index contributed by atoms with van der Waals surface area (Å²) in [7, 11) is 0. The number of hydrogen-bond donors (Lipinski definition) is 2. The Morgan fingerprint density at radius 1 is 1.44 bits per heavy atom. The zero-order valence-corrected chi connectivity index (χ0v) is 8.42. The van der Waals surface area contributed by atoms with Crippen molar-refractivity contribution in [2.45, 2.75) is 0 Å². The Morgan fingerprint density at radius 2 is 2.19 bits per heavy atom. The number of carboxylic acid groups (broad SMARTS) is 1. The monoisotopic (exact) mass is 221 g/mol. The van der Waals surface area contributed by atoms with E-state index in [1.165, 1.54) is 12.1 Å². The highest BCUT2D eigenvalue weighted by molar-refractivity contribution is 5.93. The van der Waals surface area contributed by atoms with Crippen molar-refractivity contribution in [3.63, 3.8) is 0 Å². The van der Waals surface area contributed by atoms with Gasteiger partial charge in [-0.15, -0.1) is 0 Å². The topological polar surface area (TPSA) is 89.6 Å². The molecular formula is C11H11NO4. The van der Waals surface area contributed by atoms with E-state index in [0.717, 1.165) is 6.08 Å². The highest BCUT2D eigenvalue weighted by Crippen LogP contribution is 2.12. The van der Waals surface area contributed by atoms with E-state index in [2.05, 4.69) is 0 Å². The number of carboxylic acids is 1. The molecule has 0 aliphatic rings. The number of carbonyl (C=O) groups is 2. The second kappa shape index (κ2) is 5.55. The van der Waals surface area contributed by atoms with Gasteiger partial charge in [0.15, 0.2) is 0 Å². The maximum Gasteiger partial charge on any atom is 0.328 e. The molecule has 84 valence electrons. The average Bonchev–Trinajstić information content (AvgIpc) is 2.24. The summed E-state index contributed by atoms with van der Waals surface area (Å²) in [4.78, 5) is 21.0. The number of ether oxygens (including phenoxy) is 1. The Morgan fingerprint density at radius 3 is 2.81 bits per heavy atom. The SMILES string of the molecule is NC(=O)c1cccc(OCC=CC(=O)O)c1. The standard InChI is InChI=1S/C11H11NO4/c12-11(15)8-3-1-4-9(7-8)16-6-2-5-10(13)14/h1-5,7H,6H2,(H2,12,15)(H,13,14). The van der Waals surface area contributed by atoms with Gasteiger partial charge in [-0.2, -0.15) is 0 Å². The fourth-order valence-corrected chi connectivity index (χ4v) is 1.03. The van der Waals surface area contributed by atoms with Crippen LogP contribution in [0.5, 0.6) is 5.75 Å². The van der Waals surface area contributed by atoms with Crippen molar-refractivity contribution < 1.29 is 19.4 Å². The lowest BCUT2D eigenvalue weighted by Gasteiger charge is -2.03. The minimum Gasteiger partial charge on any atom is -0.490 e. The number of primary amides is 1. The summed E-state index contributed by atoms with van der Waals surface area (Å²) in [5, 5.41) is 8.32. The van der Waals surface area contributed by atoms with Crippen LogP contribution in [0, 0.1) is 0 Å². The van der Waals surface area contributed by atoms with Crippen molar-refractivity contribution in [3.05, 3.63) is 42.0 Å². The zero-order valence-electron chi connectivity index (χ0n) is 8.42. The number of hydrogen-bond acceptors (Lipinski definition) is 3. The molecular weight excluding hydrogens is 210 g/mol. The van der Waals surface area contributed by atoms with Gasteiger partial charge in [-0.1, -0.05) is 6.07 Å². The number of amides is 1. The van der Waals surface area contributed by atoms with Crippen LogP contribution in [0.2, 0.25) is 0 Å². The summed E-state index contributed by atoms with van der Waals surface area (Å²) in [5.41, 5.74) is 5.44. The van der Waals surface area contributed by atoms with Crippen molar-refractivity contribution in [2.75, 3.05) is 6.61 Å². The largest absolute Gasteiger partial charge is 0.490 e. The number of benzene rings is 1. The second-order valence-corrected chi connectivity index (χ2v) is 2.94. The van der Waals surface area contributed by atoms with E-state index in [0.29, 0.717) is 11.3 Å². The summed E-state index contributed by atoms with van der Waals surface area (Å²) in [6, 6.07) is 6.36. The molecule has 0 aliphatic carbocycles. The van der Waals surface area contributed by atoms with E-state index >= 15 is 0 Å². The molecule has 5 heteroatoms. The summed E-state index contributed by atoms with van der Waals surface area (Å²) in [5.74, 6) is -1.10. The first kappa shape index (κ1) is 11.8. The van der Waals surface area contributed by atoms with Crippen molar-refractivity contribution >= 4 is 11.9 Å². The second-order valence-electron chi connectivity index (χ2n) is 2.94. The lowest BCUT2D eigenvalue weighted by atomic mass is 10.2. The summed E-state index contributed by atoms with van der Waals surface area (Å²) in [6.07, 6.45) is 2.34. The first-order valence-electron chi connectivity index (χ1n) is 4.51. The van der Waals surface area contributed by atoms with Crippen LogP contribution >= 0.6 is 0 Å². The van der Waals surface area contributed by atoms with Gasteiger partial charge in [-0.3, -0.25) is 4.79 Å². The molecule has 5 nitrogen and oxygen atoms in total. The lowest BCUT2D eigenvalue weighted by Crippen LogP contribution is -2.10. The summed E-state index contributed by atoms with van der Waals surface area (Å²) < 4.78 is 5.19. The van der Waals surface area contributed by atoms with Crippen LogP contribution in [0.25, 0.3) is 0 Å². The van der Waals surface area contributed by atoms with Gasteiger partial charge < -0.3 is 15.6 Å². The fraction of sp³-hybridized carbons (Fsp3) is 0.0909. The Hall–Kier alpha value is -2.30. The minimum atomic E-state index is -1.03. The van der Waals surface area contributed by atoms with Gasteiger partial charge in [-0.25, -0.2) is 4.79 Å². The molecule has 0 aromatic heterocycles. The molecule has 1 amide bonds. The van der Waals surface area contributed by atoms with E-state index < -0.39 is 11.9 Å². The quantitative estimate of drug-likeness (QED) is 0.720. The molecule has 0 unspecified atom stereocenters. The third kappa shape index (κ3) is 3.83. The van der Waals surface area contributed by atoms with Crippen LogP contribution < -0.4 is 10.5 Å². The van der Waals surface area contributed by atoms with Crippen LogP contribution in [0.15, 0.2) is 36.4 Å². The first-order valence-corrected chi connectivity index (χ1v) is 4.51. The van der Waals surface area contributed by atoms with Crippen LogP contribution in [0.3, 0.4) is 0 Å². The number of nitrogens with two attached hydrogens (primary N) is 1. The summed E-state index contributed by atoms with van der Waals surface area (Å²) in [6.45, 7) is 0.120. The van der Waals surface area contributed by atoms with Gasteiger partial charge in [0.1, 0.15) is 12.4 Å². The molecule has 0 atom stereocenters. The molecule has 1 aromatic rings. The van der Waals surface area contributed by atoms with Gasteiger partial charge in [0.25, 0.3) is 0 Å². The predicted octanol–water partition coefficient (Wildman–Crippen LogP) is 0.805. The van der Waals surface area contributed by atoms with Crippen molar-refractivity contribution in [1.29, 1.82) is 0 Å². The third-order valence-electron chi connectivity index (χ3n) is 1.73. The molecule has 1 rings (SSSR count). The predicted molar refractivity (Wildman–Crippen MR) is 57.2 cm³/mol. The van der Waals surface area contributed by atoms with Crippen LogP contribution in [0.4, 0.5) is 0 Å². The van der Waals surface area contributed by atoms with Gasteiger partial charge in [0, 0.05) is 11.6 Å². The Labute approximate surface area is 92.1 Å². The van der Waals surface area contributed by atoms with Gasteiger partial charge in [-0.05, 0) is 24.3 Å². The zero-order chi connectivity index (χ0) is 12.0. The maximum atomic E-state index is 10.8. The summed E-state index contributed by atoms with van der Waals surface area (Å²) >= 11 is 0. The van der Waals surface area contributed by atoms with Gasteiger partial charge in [0.2, 0.25) is 5.91 Å².